The van der Waals surface area contributed by atoms with Crippen molar-refractivity contribution in [1.29, 1.82) is 0 Å². The van der Waals surface area contributed by atoms with Gasteiger partial charge in [-0.25, -0.2) is 4.89 Å². The number of carboxylic acids is 3. The van der Waals surface area contributed by atoms with E-state index in [0.717, 1.165) is 0 Å². The molecule has 9 heteroatoms. The third-order valence-corrected chi connectivity index (χ3v) is 1.04. The van der Waals surface area contributed by atoms with Gasteiger partial charge in [-0.05, 0) is 6.92 Å². The van der Waals surface area contributed by atoms with E-state index >= 15 is 0 Å². The van der Waals surface area contributed by atoms with Crippen molar-refractivity contribution >= 4 is 17.9 Å². The van der Waals surface area contributed by atoms with Crippen molar-refractivity contribution in [1.82, 2.24) is 0 Å². The Bertz CT molecular complexity index is 185. The Morgan fingerprint density at radius 1 is 0.750 bits per heavy atom. The molecule has 0 heterocycles. The van der Waals surface area contributed by atoms with Gasteiger partial charge >= 0.3 is 17.9 Å². The van der Waals surface area contributed by atoms with E-state index in [2.05, 4.69) is 4.89 Å². The number of rotatable bonds is 4. The summed E-state index contributed by atoms with van der Waals surface area (Å²) in [7, 11) is 0. The van der Waals surface area contributed by atoms with Crippen molar-refractivity contribution in [3.8, 4) is 0 Å². The second-order valence-electron chi connectivity index (χ2n) is 2.66. The second-order valence-corrected chi connectivity index (χ2v) is 2.66. The molecule has 0 rings (SSSR count). The number of aliphatic carboxylic acids is 3. The van der Waals surface area contributed by atoms with Crippen LogP contribution in [0.2, 0.25) is 0 Å². The predicted octanol–water partition coefficient (Wildman–Crippen LogP) is 1.94. The molecule has 0 fully saturated rings. The standard InChI is InChI=1S/3C3H6O2.C2H6O2.Ti/c3*1-2-3(4)5;1-2-4-3;/h3*2H2,1H3,(H,4,5);3H,2H2,1H3;. The van der Waals surface area contributed by atoms with E-state index in [0.29, 0.717) is 6.61 Å². The van der Waals surface area contributed by atoms with Crippen LogP contribution in [0.3, 0.4) is 0 Å². The van der Waals surface area contributed by atoms with Crippen LogP contribution < -0.4 is 0 Å². The van der Waals surface area contributed by atoms with Crippen LogP contribution in [0.1, 0.15) is 47.0 Å². The van der Waals surface area contributed by atoms with Gasteiger partial charge in [-0.15, -0.1) is 0 Å². The van der Waals surface area contributed by atoms with Crippen LogP contribution in [0.5, 0.6) is 0 Å². The van der Waals surface area contributed by atoms with Gasteiger partial charge in [-0.2, -0.15) is 0 Å². The molecule has 0 saturated carbocycles. The quantitative estimate of drug-likeness (QED) is 0.348. The van der Waals surface area contributed by atoms with Crippen LogP contribution in [0.4, 0.5) is 0 Å². The molecule has 0 radical (unpaired) electrons. The average Bonchev–Trinajstić information content (AvgIpc) is 2.40. The maximum Gasteiger partial charge on any atom is 0.303 e. The molecule has 0 atom stereocenters. The first kappa shape index (κ1) is 31.4. The van der Waals surface area contributed by atoms with E-state index in [1.165, 1.54) is 0 Å². The van der Waals surface area contributed by atoms with Crippen molar-refractivity contribution in [3.05, 3.63) is 0 Å². The van der Waals surface area contributed by atoms with Crippen LogP contribution >= 0.6 is 0 Å². The van der Waals surface area contributed by atoms with Crippen LogP contribution in [0, 0.1) is 0 Å². The Kier molecular flexibility index (Phi) is 48.4. The van der Waals surface area contributed by atoms with E-state index in [9.17, 15) is 14.4 Å². The fourth-order valence-corrected chi connectivity index (χ4v) is 0. The first-order valence-corrected chi connectivity index (χ1v) is 5.64. The van der Waals surface area contributed by atoms with E-state index in [1.807, 2.05) is 0 Å². The van der Waals surface area contributed by atoms with Gasteiger partial charge in [0.25, 0.3) is 0 Å². The van der Waals surface area contributed by atoms with Crippen molar-refractivity contribution in [2.75, 3.05) is 6.61 Å². The Hall–Kier alpha value is -0.956. The Balaban J connectivity index is -0.0000000494. The fourth-order valence-electron chi connectivity index (χ4n) is 0. The van der Waals surface area contributed by atoms with Crippen LogP contribution in [0.25, 0.3) is 0 Å². The molecule has 0 aromatic heterocycles. The van der Waals surface area contributed by atoms with Gasteiger partial charge < -0.3 is 15.3 Å². The van der Waals surface area contributed by atoms with Crippen molar-refractivity contribution < 1.29 is 61.6 Å². The molecule has 0 amide bonds. The molecule has 0 aromatic rings. The summed E-state index contributed by atoms with van der Waals surface area (Å²) >= 11 is 0. The zero-order chi connectivity index (χ0) is 16.3. The maximum absolute atomic E-state index is 9.37. The molecule has 0 unspecified atom stereocenters. The molecular weight excluding hydrogens is 308 g/mol. The minimum atomic E-state index is -0.745. The monoisotopic (exact) mass is 332 g/mol. The Morgan fingerprint density at radius 3 is 0.850 bits per heavy atom. The summed E-state index contributed by atoms with van der Waals surface area (Å²) < 4.78 is 0. The zero-order valence-corrected chi connectivity index (χ0v) is 13.8. The number of hydrogen-bond donors (Lipinski definition) is 4. The summed E-state index contributed by atoms with van der Waals surface area (Å²) in [6.07, 6.45) is 0.667. The first-order valence-electron chi connectivity index (χ1n) is 5.64. The van der Waals surface area contributed by atoms with Crippen molar-refractivity contribution in [2.24, 2.45) is 0 Å². The van der Waals surface area contributed by atoms with Crippen molar-refractivity contribution in [3.63, 3.8) is 0 Å². The third kappa shape index (κ3) is 120. The van der Waals surface area contributed by atoms with E-state index in [-0.39, 0.29) is 41.0 Å². The normalized spacial score (nSPS) is 7.05. The first-order chi connectivity index (χ1) is 8.72. The Morgan fingerprint density at radius 2 is 0.850 bits per heavy atom. The molecule has 0 aromatic carbocycles. The molecule has 0 spiro atoms. The molecule has 0 aliphatic heterocycles. The summed E-state index contributed by atoms with van der Waals surface area (Å²) in [4.78, 5) is 31.6. The van der Waals surface area contributed by atoms with Gasteiger partial charge in [0.2, 0.25) is 0 Å². The summed E-state index contributed by atoms with van der Waals surface area (Å²) in [6, 6.07) is 0. The summed E-state index contributed by atoms with van der Waals surface area (Å²) in [5.74, 6) is -2.24. The minimum Gasteiger partial charge on any atom is -0.481 e. The summed E-state index contributed by atoms with van der Waals surface area (Å²) in [6.45, 7) is 6.88. The number of carboxylic acid groups (broad SMARTS) is 3. The zero-order valence-electron chi connectivity index (χ0n) is 12.3. The van der Waals surface area contributed by atoms with Gasteiger partial charge in [0, 0.05) is 41.0 Å². The predicted molar refractivity (Wildman–Crippen MR) is 68.0 cm³/mol. The largest absolute Gasteiger partial charge is 0.481 e. The number of carbonyl (C=O) groups is 3. The van der Waals surface area contributed by atoms with Gasteiger partial charge in [-0.1, -0.05) is 20.8 Å². The molecular formula is C11H24O8Ti. The van der Waals surface area contributed by atoms with E-state index in [4.69, 9.17) is 20.6 Å². The SMILES string of the molecule is CCC(=O)O.CCC(=O)O.CCC(=O)O.CCOO.[Ti]. The van der Waals surface area contributed by atoms with Gasteiger partial charge in [-0.3, -0.25) is 19.6 Å². The van der Waals surface area contributed by atoms with Gasteiger partial charge in [0.1, 0.15) is 0 Å². The fraction of sp³-hybridized carbons (Fsp3) is 0.727. The van der Waals surface area contributed by atoms with E-state index in [1.54, 1.807) is 27.7 Å². The molecule has 20 heavy (non-hydrogen) atoms. The van der Waals surface area contributed by atoms with Crippen LogP contribution in [0.15, 0.2) is 0 Å². The second kappa shape index (κ2) is 30.8. The van der Waals surface area contributed by atoms with Crippen LogP contribution in [-0.4, -0.2) is 45.1 Å². The summed E-state index contributed by atoms with van der Waals surface area (Å²) in [5, 5.41) is 30.5. The minimum absolute atomic E-state index is 0. The van der Waals surface area contributed by atoms with Gasteiger partial charge in [0.05, 0.1) is 6.61 Å². The molecule has 4 N–H and O–H groups in total. The molecule has 120 valence electrons. The van der Waals surface area contributed by atoms with E-state index < -0.39 is 17.9 Å². The van der Waals surface area contributed by atoms with Crippen molar-refractivity contribution in [2.45, 2.75) is 47.0 Å². The average molecular weight is 332 g/mol. The molecule has 0 saturated heterocycles. The Labute approximate surface area is 133 Å². The molecule has 0 aliphatic carbocycles. The summed E-state index contributed by atoms with van der Waals surface area (Å²) in [5.41, 5.74) is 0. The molecule has 0 bridgehead atoms. The number of hydrogen-bond acceptors (Lipinski definition) is 5. The van der Waals surface area contributed by atoms with Gasteiger partial charge in [0.15, 0.2) is 0 Å². The topological polar surface area (TPSA) is 141 Å². The third-order valence-electron chi connectivity index (χ3n) is 1.04. The molecule has 0 aliphatic rings. The smallest absolute Gasteiger partial charge is 0.303 e. The molecule has 8 nitrogen and oxygen atoms in total. The maximum atomic E-state index is 9.37. The van der Waals surface area contributed by atoms with Crippen LogP contribution in [-0.2, 0) is 41.0 Å².